The van der Waals surface area contributed by atoms with E-state index in [2.05, 4.69) is 20.4 Å². The van der Waals surface area contributed by atoms with Gasteiger partial charge in [-0.15, -0.1) is 24.0 Å². The highest BCUT2D eigenvalue weighted by Gasteiger charge is 2.14. The van der Waals surface area contributed by atoms with Crippen molar-refractivity contribution in [1.82, 2.24) is 14.9 Å². The molecule has 0 aliphatic rings. The molecule has 8 nitrogen and oxygen atoms in total. The summed E-state index contributed by atoms with van der Waals surface area (Å²) in [5.41, 5.74) is 0.483. The lowest BCUT2D eigenvalue weighted by Crippen LogP contribution is -2.39. The van der Waals surface area contributed by atoms with Gasteiger partial charge in [-0.25, -0.2) is 12.7 Å². The van der Waals surface area contributed by atoms with Crippen LogP contribution in [0.25, 0.3) is 0 Å². The summed E-state index contributed by atoms with van der Waals surface area (Å²) in [4.78, 5) is 4.06. The summed E-state index contributed by atoms with van der Waals surface area (Å²) in [5, 5.41) is 6.07. The predicted molar refractivity (Wildman–Crippen MR) is 120 cm³/mol. The maximum absolute atomic E-state index is 12.6. The first-order valence-corrected chi connectivity index (χ1v) is 10.6. The van der Waals surface area contributed by atoms with E-state index in [9.17, 15) is 17.2 Å². The van der Waals surface area contributed by atoms with Crippen LogP contribution in [0.1, 0.15) is 18.9 Å². The van der Waals surface area contributed by atoms with Crippen molar-refractivity contribution in [3.8, 4) is 11.5 Å². The molecule has 29 heavy (non-hydrogen) atoms. The van der Waals surface area contributed by atoms with Gasteiger partial charge in [0.05, 0.1) is 13.4 Å². The Hall–Kier alpha value is -1.41. The minimum atomic E-state index is -3.22. The van der Waals surface area contributed by atoms with Crippen LogP contribution in [-0.4, -0.2) is 65.3 Å². The van der Waals surface area contributed by atoms with Crippen molar-refractivity contribution >= 4 is 40.0 Å². The summed E-state index contributed by atoms with van der Waals surface area (Å²) in [6.07, 6.45) is 1.76. The molecule has 168 valence electrons. The van der Waals surface area contributed by atoms with Gasteiger partial charge in [-0.1, -0.05) is 6.92 Å². The van der Waals surface area contributed by atoms with Gasteiger partial charge in [0.1, 0.15) is 11.5 Å². The fourth-order valence-electron chi connectivity index (χ4n) is 2.45. The van der Waals surface area contributed by atoms with Crippen molar-refractivity contribution in [3.05, 3.63) is 23.8 Å². The quantitative estimate of drug-likeness (QED) is 0.190. The largest absolute Gasteiger partial charge is 0.497 e. The number of methoxy groups -OCH3 is 1. The smallest absolute Gasteiger partial charge is 0.387 e. The maximum Gasteiger partial charge on any atom is 0.387 e. The van der Waals surface area contributed by atoms with Gasteiger partial charge >= 0.3 is 6.61 Å². The molecule has 0 aromatic heterocycles. The zero-order valence-corrected chi connectivity index (χ0v) is 20.1. The van der Waals surface area contributed by atoms with E-state index in [-0.39, 0.29) is 36.3 Å². The second-order valence-electron chi connectivity index (χ2n) is 5.81. The number of aliphatic imine (C=N–C) groups is 1. The molecule has 12 heteroatoms. The highest BCUT2D eigenvalue weighted by atomic mass is 127. The molecule has 0 radical (unpaired) electrons. The number of hydrogen-bond acceptors (Lipinski definition) is 5. The van der Waals surface area contributed by atoms with Crippen LogP contribution >= 0.6 is 24.0 Å². The molecule has 0 aliphatic carbocycles. The molecule has 2 N–H and O–H groups in total. The van der Waals surface area contributed by atoms with Crippen LogP contribution in [-0.2, 0) is 16.6 Å². The van der Waals surface area contributed by atoms with Gasteiger partial charge in [0.15, 0.2) is 5.96 Å². The third-order valence-corrected chi connectivity index (χ3v) is 5.23. The van der Waals surface area contributed by atoms with Crippen molar-refractivity contribution in [3.63, 3.8) is 0 Å². The van der Waals surface area contributed by atoms with E-state index >= 15 is 0 Å². The fraction of sp³-hybridized carbons (Fsp3) is 0.588. The molecule has 0 unspecified atom stereocenters. The average molecular weight is 550 g/mol. The minimum Gasteiger partial charge on any atom is -0.497 e. The van der Waals surface area contributed by atoms with E-state index in [0.717, 1.165) is 0 Å². The van der Waals surface area contributed by atoms with Crippen LogP contribution < -0.4 is 20.1 Å². The lowest BCUT2D eigenvalue weighted by Gasteiger charge is -2.18. The second-order valence-corrected chi connectivity index (χ2v) is 7.80. The van der Waals surface area contributed by atoms with Crippen molar-refractivity contribution in [2.75, 3.05) is 40.0 Å². The van der Waals surface area contributed by atoms with Crippen LogP contribution in [0.3, 0.4) is 0 Å². The summed E-state index contributed by atoms with van der Waals surface area (Å²) in [6.45, 7) is 0.326. The Kier molecular flexibility index (Phi) is 13.1. The first-order valence-electron chi connectivity index (χ1n) is 8.72. The van der Waals surface area contributed by atoms with Gasteiger partial charge in [-0.3, -0.25) is 4.99 Å². The highest BCUT2D eigenvalue weighted by Crippen LogP contribution is 2.25. The Morgan fingerprint density at radius 2 is 2.00 bits per heavy atom. The molecule has 0 bridgehead atoms. The van der Waals surface area contributed by atoms with Crippen LogP contribution in [0.4, 0.5) is 8.78 Å². The number of alkyl halides is 2. The van der Waals surface area contributed by atoms with Gasteiger partial charge in [-0.05, 0) is 24.6 Å². The molecule has 1 rings (SSSR count). The number of ether oxygens (including phenoxy) is 2. The van der Waals surface area contributed by atoms with Crippen molar-refractivity contribution in [2.45, 2.75) is 26.5 Å². The average Bonchev–Trinajstić information content (AvgIpc) is 2.63. The minimum absolute atomic E-state index is 0. The van der Waals surface area contributed by atoms with E-state index < -0.39 is 16.6 Å². The standard InChI is InChI=1S/C17H28F2N4O4S.HI/c1-5-23(28(4,24)25)10-6-9-21-17(20-2)22-12-13-11-14(26-3)7-8-15(13)27-16(18)19;/h7-8,11,16H,5-6,9-10,12H2,1-4H3,(H2,20,21,22);1H. The Bertz CT molecular complexity index is 751. The number of benzene rings is 1. The van der Waals surface area contributed by atoms with Gasteiger partial charge in [0.2, 0.25) is 10.0 Å². The zero-order chi connectivity index (χ0) is 21.2. The number of sulfonamides is 1. The molecule has 0 saturated heterocycles. The van der Waals surface area contributed by atoms with E-state index in [1.165, 1.54) is 29.8 Å². The van der Waals surface area contributed by atoms with Crippen molar-refractivity contribution < 1.29 is 26.7 Å². The van der Waals surface area contributed by atoms with Crippen molar-refractivity contribution in [1.29, 1.82) is 0 Å². The predicted octanol–water partition coefficient (Wildman–Crippen LogP) is 2.25. The SMILES string of the molecule is CCN(CCCNC(=NC)NCc1cc(OC)ccc1OC(F)F)S(C)(=O)=O.I. The molecule has 1 aromatic carbocycles. The third kappa shape index (κ3) is 10.3. The van der Waals surface area contributed by atoms with Crippen LogP contribution in [0, 0.1) is 0 Å². The number of guanidine groups is 1. The molecular weight excluding hydrogens is 521 g/mol. The number of halogens is 3. The fourth-order valence-corrected chi connectivity index (χ4v) is 3.38. The van der Waals surface area contributed by atoms with Gasteiger partial charge in [0, 0.05) is 38.8 Å². The summed E-state index contributed by atoms with van der Waals surface area (Å²) in [6, 6.07) is 4.56. The molecule has 0 amide bonds. The van der Waals surface area contributed by atoms with Crippen LogP contribution in [0.2, 0.25) is 0 Å². The normalized spacial score (nSPS) is 11.9. The van der Waals surface area contributed by atoms with Crippen LogP contribution in [0.15, 0.2) is 23.2 Å². The Balaban J connectivity index is 0.00000784. The van der Waals surface area contributed by atoms with Gasteiger partial charge in [0.25, 0.3) is 0 Å². The number of rotatable bonds is 11. The highest BCUT2D eigenvalue weighted by molar-refractivity contribution is 14.0. The lowest BCUT2D eigenvalue weighted by atomic mass is 10.2. The first kappa shape index (κ1) is 27.6. The van der Waals surface area contributed by atoms with E-state index in [1.54, 1.807) is 20.0 Å². The Labute approximate surface area is 188 Å². The molecule has 0 heterocycles. The van der Waals surface area contributed by atoms with E-state index in [0.29, 0.717) is 43.3 Å². The second kappa shape index (κ2) is 13.7. The van der Waals surface area contributed by atoms with E-state index in [1.807, 2.05) is 0 Å². The molecule has 0 spiro atoms. The molecular formula is C17H29F2IN4O4S. The number of nitrogens with one attached hydrogen (secondary N) is 2. The topological polar surface area (TPSA) is 92.3 Å². The Morgan fingerprint density at radius 1 is 1.31 bits per heavy atom. The third-order valence-electron chi connectivity index (χ3n) is 3.85. The zero-order valence-electron chi connectivity index (χ0n) is 16.9. The lowest BCUT2D eigenvalue weighted by molar-refractivity contribution is -0.0505. The van der Waals surface area contributed by atoms with Crippen LogP contribution in [0.5, 0.6) is 11.5 Å². The number of hydrogen-bond donors (Lipinski definition) is 2. The first-order chi connectivity index (χ1) is 13.2. The summed E-state index contributed by atoms with van der Waals surface area (Å²) >= 11 is 0. The maximum atomic E-state index is 12.6. The van der Waals surface area contributed by atoms with Gasteiger partial charge < -0.3 is 20.1 Å². The Morgan fingerprint density at radius 3 is 2.52 bits per heavy atom. The summed E-state index contributed by atoms with van der Waals surface area (Å²) in [5.74, 6) is 1.01. The molecule has 0 saturated carbocycles. The van der Waals surface area contributed by atoms with Crippen molar-refractivity contribution in [2.24, 2.45) is 4.99 Å². The summed E-state index contributed by atoms with van der Waals surface area (Å²) < 4.78 is 59.3. The molecule has 0 aliphatic heterocycles. The molecule has 0 fully saturated rings. The molecule has 1 aromatic rings. The number of nitrogens with zero attached hydrogens (tertiary/aromatic N) is 2. The monoisotopic (exact) mass is 550 g/mol. The molecule has 0 atom stereocenters. The van der Waals surface area contributed by atoms with E-state index in [4.69, 9.17) is 4.74 Å². The van der Waals surface area contributed by atoms with Gasteiger partial charge in [-0.2, -0.15) is 8.78 Å². The summed E-state index contributed by atoms with van der Waals surface area (Å²) in [7, 11) is -0.158.